The average molecular weight is 425 g/mol. The zero-order valence-corrected chi connectivity index (χ0v) is 18.1. The van der Waals surface area contributed by atoms with Crippen LogP contribution >= 0.6 is 0 Å². The Bertz CT molecular complexity index is 1270. The number of aromatic nitrogens is 1. The van der Waals surface area contributed by atoms with Gasteiger partial charge in [0.15, 0.2) is 0 Å². The van der Waals surface area contributed by atoms with E-state index >= 15 is 0 Å². The number of para-hydroxylation sites is 1. The molecule has 4 aromatic rings. The van der Waals surface area contributed by atoms with Crippen molar-refractivity contribution in [3.8, 4) is 16.8 Å². The lowest BCUT2D eigenvalue weighted by molar-refractivity contribution is 0.0600. The van der Waals surface area contributed by atoms with Crippen LogP contribution in [0.2, 0.25) is 0 Å². The van der Waals surface area contributed by atoms with Crippen LogP contribution in [0, 0.1) is 0 Å². The maximum atomic E-state index is 13.8. The summed E-state index contributed by atoms with van der Waals surface area (Å²) in [5, 5.41) is 0. The first-order valence-electron chi connectivity index (χ1n) is 10.3. The molecule has 0 atom stereocenters. The molecule has 0 N–H and O–H groups in total. The first-order chi connectivity index (χ1) is 15.6. The van der Waals surface area contributed by atoms with E-state index in [2.05, 4.69) is 0 Å². The van der Waals surface area contributed by atoms with Crippen LogP contribution in [0.5, 0.6) is 0 Å². The first-order valence-corrected chi connectivity index (χ1v) is 10.3. The van der Waals surface area contributed by atoms with Gasteiger partial charge < -0.3 is 9.64 Å². The highest BCUT2D eigenvalue weighted by molar-refractivity contribution is 5.96. The molecule has 5 heteroatoms. The van der Waals surface area contributed by atoms with E-state index in [0.29, 0.717) is 29.2 Å². The smallest absolute Gasteiger partial charge is 0.341 e. The Morgan fingerprint density at radius 2 is 1.44 bits per heavy atom. The fraction of sp³-hybridized carbons (Fsp3) is 0.111. The van der Waals surface area contributed by atoms with Crippen LogP contribution in [0.4, 0.5) is 5.82 Å². The summed E-state index contributed by atoms with van der Waals surface area (Å²) in [6.45, 7) is 0.516. The number of ether oxygens (including phenoxy) is 1. The molecular weight excluding hydrogens is 400 g/mol. The second-order valence-corrected chi connectivity index (χ2v) is 7.47. The second kappa shape index (κ2) is 9.35. The number of hydrogen-bond donors (Lipinski definition) is 0. The Kier molecular flexibility index (Phi) is 6.17. The third kappa shape index (κ3) is 4.18. The van der Waals surface area contributed by atoms with Crippen molar-refractivity contribution in [3.63, 3.8) is 0 Å². The van der Waals surface area contributed by atoms with Gasteiger partial charge in [0.25, 0.3) is 5.56 Å². The van der Waals surface area contributed by atoms with Crippen molar-refractivity contribution in [2.45, 2.75) is 6.54 Å². The number of esters is 1. The number of anilines is 1. The van der Waals surface area contributed by atoms with Gasteiger partial charge >= 0.3 is 5.97 Å². The van der Waals surface area contributed by atoms with Crippen LogP contribution in [-0.2, 0) is 11.3 Å². The average Bonchev–Trinajstić information content (AvgIpc) is 2.84. The summed E-state index contributed by atoms with van der Waals surface area (Å²) in [5.41, 5.74) is 3.04. The SMILES string of the molecule is COC(=O)c1cc(-c2ccccc2)c(=O)n(-c2ccccc2)c1N(C)Cc1ccccc1. The molecule has 0 amide bonds. The normalized spacial score (nSPS) is 10.6. The molecule has 0 saturated heterocycles. The molecule has 0 aliphatic carbocycles. The van der Waals surface area contributed by atoms with E-state index in [9.17, 15) is 9.59 Å². The molecule has 1 aromatic heterocycles. The molecule has 4 rings (SSSR count). The van der Waals surface area contributed by atoms with Gasteiger partial charge in [0, 0.05) is 19.2 Å². The minimum absolute atomic E-state index is 0.204. The zero-order valence-electron chi connectivity index (χ0n) is 18.1. The molecule has 32 heavy (non-hydrogen) atoms. The number of rotatable bonds is 6. The second-order valence-electron chi connectivity index (χ2n) is 7.47. The lowest BCUT2D eigenvalue weighted by Crippen LogP contribution is -2.31. The lowest BCUT2D eigenvalue weighted by atomic mass is 10.0. The highest BCUT2D eigenvalue weighted by atomic mass is 16.5. The Morgan fingerprint density at radius 1 is 0.875 bits per heavy atom. The molecule has 0 bridgehead atoms. The van der Waals surface area contributed by atoms with E-state index < -0.39 is 5.97 Å². The van der Waals surface area contributed by atoms with Crippen LogP contribution in [-0.4, -0.2) is 24.7 Å². The maximum Gasteiger partial charge on any atom is 0.341 e. The highest BCUT2D eigenvalue weighted by Gasteiger charge is 2.24. The van der Waals surface area contributed by atoms with E-state index in [1.54, 1.807) is 10.6 Å². The molecule has 160 valence electrons. The van der Waals surface area contributed by atoms with Crippen LogP contribution < -0.4 is 10.5 Å². The van der Waals surface area contributed by atoms with Gasteiger partial charge in [-0.3, -0.25) is 9.36 Å². The van der Waals surface area contributed by atoms with Gasteiger partial charge in [-0.15, -0.1) is 0 Å². The van der Waals surface area contributed by atoms with Crippen molar-refractivity contribution in [1.82, 2.24) is 4.57 Å². The Labute approximate surface area is 187 Å². The number of benzene rings is 3. The minimum atomic E-state index is -0.498. The number of carbonyl (C=O) groups excluding carboxylic acids is 1. The monoisotopic (exact) mass is 424 g/mol. The predicted molar refractivity (Wildman–Crippen MR) is 127 cm³/mol. The van der Waals surface area contributed by atoms with Gasteiger partial charge in [0.1, 0.15) is 11.4 Å². The lowest BCUT2D eigenvalue weighted by Gasteiger charge is -2.27. The number of methoxy groups -OCH3 is 1. The zero-order chi connectivity index (χ0) is 22.5. The predicted octanol–water partition coefficient (Wildman–Crippen LogP) is 4.93. The van der Waals surface area contributed by atoms with E-state index in [0.717, 1.165) is 11.1 Å². The van der Waals surface area contributed by atoms with E-state index in [-0.39, 0.29) is 5.56 Å². The maximum absolute atomic E-state index is 13.8. The summed E-state index contributed by atoms with van der Waals surface area (Å²) in [6.07, 6.45) is 0. The number of hydrogen-bond acceptors (Lipinski definition) is 4. The highest BCUT2D eigenvalue weighted by Crippen LogP contribution is 2.28. The summed E-state index contributed by atoms with van der Waals surface area (Å²) >= 11 is 0. The summed E-state index contributed by atoms with van der Waals surface area (Å²) in [4.78, 5) is 28.6. The third-order valence-corrected chi connectivity index (χ3v) is 5.30. The third-order valence-electron chi connectivity index (χ3n) is 5.30. The van der Waals surface area contributed by atoms with Gasteiger partial charge in [0.05, 0.1) is 12.8 Å². The number of carbonyl (C=O) groups is 1. The van der Waals surface area contributed by atoms with E-state index in [1.807, 2.05) is 103 Å². The molecule has 0 aliphatic heterocycles. The summed E-state index contributed by atoms with van der Waals surface area (Å²) < 4.78 is 6.71. The first kappa shape index (κ1) is 21.1. The standard InChI is InChI=1S/C27H24N2O3/c1-28(19-20-12-6-3-7-13-20)25-24(27(31)32-2)18-23(21-14-8-4-9-15-21)26(30)29(25)22-16-10-5-11-17-22/h3-18H,19H2,1-2H3. The van der Waals surface area contributed by atoms with Crippen LogP contribution in [0.1, 0.15) is 15.9 Å². The fourth-order valence-electron chi connectivity index (χ4n) is 3.82. The van der Waals surface area contributed by atoms with Gasteiger partial charge in [-0.1, -0.05) is 78.9 Å². The molecule has 0 saturated carbocycles. The number of pyridine rings is 1. The summed E-state index contributed by atoms with van der Waals surface area (Å²) in [7, 11) is 3.22. The molecule has 0 spiro atoms. The molecular formula is C27H24N2O3. The van der Waals surface area contributed by atoms with Crippen LogP contribution in [0.3, 0.4) is 0 Å². The molecule has 0 radical (unpaired) electrons. The van der Waals surface area contributed by atoms with Gasteiger partial charge in [-0.2, -0.15) is 0 Å². The Balaban J connectivity index is 2.01. The van der Waals surface area contributed by atoms with Crippen molar-refractivity contribution < 1.29 is 9.53 Å². The van der Waals surface area contributed by atoms with Crippen molar-refractivity contribution in [2.24, 2.45) is 0 Å². The quantitative estimate of drug-likeness (QED) is 0.412. The molecule has 0 unspecified atom stereocenters. The molecule has 0 aliphatic rings. The number of nitrogens with zero attached hydrogens (tertiary/aromatic N) is 2. The molecule has 0 fully saturated rings. The van der Waals surface area contributed by atoms with Crippen molar-refractivity contribution >= 4 is 11.8 Å². The Morgan fingerprint density at radius 3 is 2.03 bits per heavy atom. The van der Waals surface area contributed by atoms with Crippen molar-refractivity contribution in [2.75, 3.05) is 19.1 Å². The topological polar surface area (TPSA) is 51.5 Å². The summed E-state index contributed by atoms with van der Waals surface area (Å²) in [6, 6.07) is 30.3. The van der Waals surface area contributed by atoms with Gasteiger partial charge in [-0.05, 0) is 29.3 Å². The molecule has 3 aromatic carbocycles. The van der Waals surface area contributed by atoms with E-state index in [4.69, 9.17) is 4.74 Å². The minimum Gasteiger partial charge on any atom is -0.465 e. The van der Waals surface area contributed by atoms with Crippen LogP contribution in [0.25, 0.3) is 16.8 Å². The van der Waals surface area contributed by atoms with Crippen molar-refractivity contribution in [1.29, 1.82) is 0 Å². The van der Waals surface area contributed by atoms with E-state index in [1.165, 1.54) is 7.11 Å². The summed E-state index contributed by atoms with van der Waals surface area (Å²) in [5.74, 6) is -0.0154. The van der Waals surface area contributed by atoms with Crippen molar-refractivity contribution in [3.05, 3.63) is 119 Å². The van der Waals surface area contributed by atoms with Gasteiger partial charge in [-0.25, -0.2) is 4.79 Å². The molecule has 5 nitrogen and oxygen atoms in total. The van der Waals surface area contributed by atoms with Crippen LogP contribution in [0.15, 0.2) is 102 Å². The Hall–Kier alpha value is -4.12. The van der Waals surface area contributed by atoms with Gasteiger partial charge in [0.2, 0.25) is 0 Å². The largest absolute Gasteiger partial charge is 0.465 e. The fourth-order valence-corrected chi connectivity index (χ4v) is 3.82. The molecule has 1 heterocycles.